The number of amides is 1. The van der Waals surface area contributed by atoms with Crippen LogP contribution in [0.5, 0.6) is 11.5 Å². The summed E-state index contributed by atoms with van der Waals surface area (Å²) in [4.78, 5) is 24.2. The Morgan fingerprint density at radius 3 is 2.27 bits per heavy atom. The lowest BCUT2D eigenvalue weighted by atomic mass is 9.98. The Morgan fingerprint density at radius 2 is 1.62 bits per heavy atom. The summed E-state index contributed by atoms with van der Waals surface area (Å²) in [6.07, 6.45) is 0.563. The molecule has 3 aromatic carbocycles. The number of sulfonamides is 1. The zero-order valence-electron chi connectivity index (χ0n) is 20.2. The van der Waals surface area contributed by atoms with E-state index in [1.54, 1.807) is 31.2 Å². The third-order valence-electron chi connectivity index (χ3n) is 5.98. The molecule has 1 saturated heterocycles. The SMILES string of the molecule is CCOC(=O)C1CCN(S(=O)(=O)c2cc(C(=O)Nc3ccc(Oc4ccccc4)cc3)ccc2F)CC1. The maximum absolute atomic E-state index is 14.6. The largest absolute Gasteiger partial charge is 0.466 e. The van der Waals surface area contributed by atoms with Gasteiger partial charge in [0.05, 0.1) is 12.5 Å². The molecule has 1 N–H and O–H groups in total. The first kappa shape index (κ1) is 26.3. The number of esters is 1. The number of nitrogens with one attached hydrogen (secondary N) is 1. The van der Waals surface area contributed by atoms with Crippen molar-refractivity contribution in [2.45, 2.75) is 24.7 Å². The second-order valence-electron chi connectivity index (χ2n) is 8.47. The molecule has 194 valence electrons. The van der Waals surface area contributed by atoms with E-state index in [-0.39, 0.29) is 44.1 Å². The fourth-order valence-electron chi connectivity index (χ4n) is 4.01. The number of hydrogen-bond donors (Lipinski definition) is 1. The Morgan fingerprint density at radius 1 is 0.973 bits per heavy atom. The highest BCUT2D eigenvalue weighted by Crippen LogP contribution is 2.27. The Balaban J connectivity index is 1.43. The van der Waals surface area contributed by atoms with Crippen molar-refractivity contribution >= 4 is 27.6 Å². The number of anilines is 1. The summed E-state index contributed by atoms with van der Waals surface area (Å²) in [6, 6.07) is 19.1. The minimum absolute atomic E-state index is 0.00834. The molecule has 37 heavy (non-hydrogen) atoms. The van der Waals surface area contributed by atoms with Crippen molar-refractivity contribution in [3.05, 3.63) is 84.2 Å². The lowest BCUT2D eigenvalue weighted by Gasteiger charge is -2.30. The Bertz CT molecular complexity index is 1360. The van der Waals surface area contributed by atoms with E-state index in [9.17, 15) is 22.4 Å². The van der Waals surface area contributed by atoms with E-state index in [2.05, 4.69) is 5.32 Å². The number of piperidine rings is 1. The van der Waals surface area contributed by atoms with E-state index in [4.69, 9.17) is 9.47 Å². The number of para-hydroxylation sites is 1. The van der Waals surface area contributed by atoms with Gasteiger partial charge in [0.1, 0.15) is 22.2 Å². The van der Waals surface area contributed by atoms with Gasteiger partial charge in [-0.05, 0) is 74.4 Å². The second kappa shape index (κ2) is 11.5. The summed E-state index contributed by atoms with van der Waals surface area (Å²) in [5, 5.41) is 2.68. The van der Waals surface area contributed by atoms with Crippen molar-refractivity contribution in [3.63, 3.8) is 0 Å². The molecule has 1 aliphatic heterocycles. The van der Waals surface area contributed by atoms with E-state index in [0.717, 1.165) is 16.4 Å². The standard InChI is InChI=1S/C27H27FN2O6S/c1-2-35-27(32)19-14-16-30(17-15-19)37(33,34)25-18-20(8-13-24(25)28)26(31)29-21-9-11-23(12-10-21)36-22-6-4-3-5-7-22/h3-13,18-19H,2,14-17H2,1H3,(H,29,31). The average molecular weight is 527 g/mol. The Labute approximate surface area is 215 Å². The van der Waals surface area contributed by atoms with Crippen molar-refractivity contribution in [1.29, 1.82) is 0 Å². The van der Waals surface area contributed by atoms with Crippen LogP contribution in [0.2, 0.25) is 0 Å². The minimum Gasteiger partial charge on any atom is -0.466 e. The van der Waals surface area contributed by atoms with Gasteiger partial charge in [0.25, 0.3) is 5.91 Å². The van der Waals surface area contributed by atoms with Gasteiger partial charge >= 0.3 is 5.97 Å². The van der Waals surface area contributed by atoms with Crippen LogP contribution >= 0.6 is 0 Å². The third-order valence-corrected chi connectivity index (χ3v) is 7.89. The number of benzene rings is 3. The number of carbonyl (C=O) groups excluding carboxylic acids is 2. The molecule has 0 bridgehead atoms. The maximum Gasteiger partial charge on any atom is 0.309 e. The average Bonchev–Trinajstić information content (AvgIpc) is 2.90. The second-order valence-corrected chi connectivity index (χ2v) is 10.4. The fraction of sp³-hybridized carbons (Fsp3) is 0.259. The summed E-state index contributed by atoms with van der Waals surface area (Å²) in [5.41, 5.74) is 0.450. The van der Waals surface area contributed by atoms with Crippen LogP contribution < -0.4 is 10.1 Å². The van der Waals surface area contributed by atoms with Gasteiger partial charge < -0.3 is 14.8 Å². The normalized spacial score (nSPS) is 14.6. The molecule has 0 radical (unpaired) electrons. The van der Waals surface area contributed by atoms with Gasteiger partial charge in [-0.3, -0.25) is 9.59 Å². The van der Waals surface area contributed by atoms with Gasteiger partial charge in [-0.2, -0.15) is 4.31 Å². The zero-order chi connectivity index (χ0) is 26.4. The van der Waals surface area contributed by atoms with Gasteiger partial charge in [-0.1, -0.05) is 18.2 Å². The molecule has 1 amide bonds. The van der Waals surface area contributed by atoms with Gasteiger partial charge in [0.2, 0.25) is 10.0 Å². The van der Waals surface area contributed by atoms with Crippen LogP contribution in [0.4, 0.5) is 10.1 Å². The molecule has 10 heteroatoms. The number of rotatable bonds is 8. The highest BCUT2D eigenvalue weighted by Gasteiger charge is 2.34. The summed E-state index contributed by atoms with van der Waals surface area (Å²) in [6.45, 7) is 2.07. The van der Waals surface area contributed by atoms with Crippen molar-refractivity contribution < 1.29 is 31.9 Å². The first-order valence-electron chi connectivity index (χ1n) is 11.9. The fourth-order valence-corrected chi connectivity index (χ4v) is 5.57. The summed E-state index contributed by atoms with van der Waals surface area (Å²) in [7, 11) is -4.21. The summed E-state index contributed by atoms with van der Waals surface area (Å²) < 4.78 is 52.8. The molecule has 0 atom stereocenters. The van der Waals surface area contributed by atoms with Gasteiger partial charge in [0.15, 0.2) is 0 Å². The van der Waals surface area contributed by atoms with Crippen LogP contribution in [0, 0.1) is 11.7 Å². The van der Waals surface area contributed by atoms with Crippen LogP contribution in [-0.2, 0) is 19.6 Å². The van der Waals surface area contributed by atoms with Crippen LogP contribution in [-0.4, -0.2) is 44.3 Å². The minimum atomic E-state index is -4.21. The van der Waals surface area contributed by atoms with E-state index in [0.29, 0.717) is 17.2 Å². The smallest absolute Gasteiger partial charge is 0.309 e. The van der Waals surface area contributed by atoms with Crippen molar-refractivity contribution in [2.24, 2.45) is 5.92 Å². The van der Waals surface area contributed by atoms with E-state index < -0.39 is 32.6 Å². The monoisotopic (exact) mass is 526 g/mol. The molecule has 1 heterocycles. The van der Waals surface area contributed by atoms with Crippen LogP contribution in [0.1, 0.15) is 30.1 Å². The lowest BCUT2D eigenvalue weighted by Crippen LogP contribution is -2.41. The predicted molar refractivity (Wildman–Crippen MR) is 135 cm³/mol. The first-order chi connectivity index (χ1) is 17.8. The van der Waals surface area contributed by atoms with Crippen molar-refractivity contribution in [3.8, 4) is 11.5 Å². The van der Waals surface area contributed by atoms with E-state index in [1.165, 1.54) is 6.07 Å². The van der Waals surface area contributed by atoms with Crippen LogP contribution in [0.3, 0.4) is 0 Å². The number of halogens is 1. The molecule has 4 rings (SSSR count). The predicted octanol–water partition coefficient (Wildman–Crippen LogP) is 4.83. The maximum atomic E-state index is 14.6. The molecule has 0 aromatic heterocycles. The molecule has 3 aromatic rings. The molecule has 8 nitrogen and oxygen atoms in total. The molecule has 0 spiro atoms. The quantitative estimate of drug-likeness (QED) is 0.422. The third kappa shape index (κ3) is 6.33. The van der Waals surface area contributed by atoms with Gasteiger partial charge in [-0.15, -0.1) is 0 Å². The van der Waals surface area contributed by atoms with Crippen molar-refractivity contribution in [2.75, 3.05) is 25.0 Å². The highest BCUT2D eigenvalue weighted by atomic mass is 32.2. The van der Waals surface area contributed by atoms with Crippen molar-refractivity contribution in [1.82, 2.24) is 4.31 Å². The van der Waals surface area contributed by atoms with E-state index in [1.807, 2.05) is 30.3 Å². The van der Waals surface area contributed by atoms with Gasteiger partial charge in [-0.25, -0.2) is 12.8 Å². The highest BCUT2D eigenvalue weighted by molar-refractivity contribution is 7.89. The molecule has 1 aliphatic rings. The molecule has 0 saturated carbocycles. The molecular formula is C27H27FN2O6S. The number of nitrogens with zero attached hydrogens (tertiary/aromatic N) is 1. The zero-order valence-corrected chi connectivity index (χ0v) is 21.0. The van der Waals surface area contributed by atoms with E-state index >= 15 is 0 Å². The molecule has 1 fully saturated rings. The topological polar surface area (TPSA) is 102 Å². The molecule has 0 aliphatic carbocycles. The number of ether oxygens (including phenoxy) is 2. The molecule has 0 unspecified atom stereocenters. The molecular weight excluding hydrogens is 499 g/mol. The Hall–Kier alpha value is -3.76. The van der Waals surface area contributed by atoms with Crippen LogP contribution in [0.25, 0.3) is 0 Å². The summed E-state index contributed by atoms with van der Waals surface area (Å²) in [5.74, 6) is -1.04. The lowest BCUT2D eigenvalue weighted by molar-refractivity contribution is -0.149. The van der Waals surface area contributed by atoms with Crippen LogP contribution in [0.15, 0.2) is 77.7 Å². The Kier molecular flexibility index (Phi) is 8.20. The first-order valence-corrected chi connectivity index (χ1v) is 13.3. The number of hydrogen-bond acceptors (Lipinski definition) is 6. The number of carbonyl (C=O) groups is 2. The van der Waals surface area contributed by atoms with Gasteiger partial charge in [0, 0.05) is 24.3 Å². The summed E-state index contributed by atoms with van der Waals surface area (Å²) >= 11 is 0.